The van der Waals surface area contributed by atoms with E-state index >= 15 is 0 Å². The highest BCUT2D eigenvalue weighted by Crippen LogP contribution is 2.14. The summed E-state index contributed by atoms with van der Waals surface area (Å²) in [5.74, 6) is 0. The number of nitrogens with one attached hydrogen (secondary N) is 1. The summed E-state index contributed by atoms with van der Waals surface area (Å²) in [6.07, 6.45) is 3.82. The fourth-order valence-corrected chi connectivity index (χ4v) is 2.08. The van der Waals surface area contributed by atoms with Crippen molar-refractivity contribution in [2.24, 2.45) is 0 Å². The van der Waals surface area contributed by atoms with E-state index in [1.54, 1.807) is 0 Å². The topological polar surface area (TPSA) is 29.9 Å². The molecule has 0 spiro atoms. The monoisotopic (exact) mass is 283 g/mol. The Kier molecular flexibility index (Phi) is 3.70. The SMILES string of the molecule is Clc1ccc(-n2cnc(CNc3ccccc3)c2)cc1. The number of benzene rings is 2. The van der Waals surface area contributed by atoms with Crippen LogP contribution in [0.25, 0.3) is 5.69 Å². The maximum absolute atomic E-state index is 5.89. The van der Waals surface area contributed by atoms with Crippen molar-refractivity contribution >= 4 is 17.3 Å². The van der Waals surface area contributed by atoms with E-state index in [0.29, 0.717) is 6.54 Å². The molecule has 1 N–H and O–H groups in total. The normalized spacial score (nSPS) is 10.4. The number of hydrogen-bond donors (Lipinski definition) is 1. The fourth-order valence-electron chi connectivity index (χ4n) is 1.96. The molecular formula is C16H14ClN3. The molecule has 1 heterocycles. The maximum atomic E-state index is 5.89. The number of para-hydroxylation sites is 1. The smallest absolute Gasteiger partial charge is 0.0996 e. The summed E-state index contributed by atoms with van der Waals surface area (Å²) in [4.78, 5) is 4.40. The zero-order chi connectivity index (χ0) is 13.8. The molecule has 100 valence electrons. The van der Waals surface area contributed by atoms with Crippen LogP contribution in [0.2, 0.25) is 5.02 Å². The van der Waals surface area contributed by atoms with Crippen molar-refractivity contribution in [1.82, 2.24) is 9.55 Å². The molecular weight excluding hydrogens is 270 g/mol. The molecule has 0 aliphatic heterocycles. The number of nitrogens with zero attached hydrogens (tertiary/aromatic N) is 2. The molecule has 2 aromatic carbocycles. The van der Waals surface area contributed by atoms with Crippen LogP contribution in [0.3, 0.4) is 0 Å². The van der Waals surface area contributed by atoms with Gasteiger partial charge in [-0.15, -0.1) is 0 Å². The first-order valence-electron chi connectivity index (χ1n) is 6.39. The van der Waals surface area contributed by atoms with Crippen LogP contribution in [0.15, 0.2) is 67.1 Å². The lowest BCUT2D eigenvalue weighted by Crippen LogP contribution is -1.99. The Bertz CT molecular complexity index is 674. The molecule has 1 aromatic heterocycles. The predicted octanol–water partition coefficient (Wildman–Crippen LogP) is 4.14. The number of imidazole rings is 1. The quantitative estimate of drug-likeness (QED) is 0.780. The van der Waals surface area contributed by atoms with Gasteiger partial charge < -0.3 is 9.88 Å². The molecule has 0 aliphatic rings. The highest BCUT2D eigenvalue weighted by molar-refractivity contribution is 6.30. The highest BCUT2D eigenvalue weighted by atomic mass is 35.5. The first-order valence-corrected chi connectivity index (χ1v) is 6.77. The van der Waals surface area contributed by atoms with Crippen molar-refractivity contribution in [2.45, 2.75) is 6.54 Å². The van der Waals surface area contributed by atoms with E-state index in [1.165, 1.54) is 0 Å². The van der Waals surface area contributed by atoms with E-state index in [9.17, 15) is 0 Å². The zero-order valence-corrected chi connectivity index (χ0v) is 11.6. The van der Waals surface area contributed by atoms with Gasteiger partial charge in [0.05, 0.1) is 18.6 Å². The zero-order valence-electron chi connectivity index (χ0n) is 10.8. The minimum Gasteiger partial charge on any atom is -0.379 e. The van der Waals surface area contributed by atoms with Gasteiger partial charge >= 0.3 is 0 Å². The van der Waals surface area contributed by atoms with Crippen LogP contribution in [-0.2, 0) is 6.54 Å². The molecule has 0 saturated carbocycles. The van der Waals surface area contributed by atoms with Crippen molar-refractivity contribution in [2.75, 3.05) is 5.32 Å². The van der Waals surface area contributed by atoms with Gasteiger partial charge in [0.1, 0.15) is 0 Å². The van der Waals surface area contributed by atoms with Crippen LogP contribution in [0.4, 0.5) is 5.69 Å². The molecule has 0 aliphatic carbocycles. The van der Waals surface area contributed by atoms with Crippen molar-refractivity contribution in [3.05, 3.63) is 77.8 Å². The van der Waals surface area contributed by atoms with Crippen LogP contribution in [0.5, 0.6) is 0 Å². The van der Waals surface area contributed by atoms with E-state index in [1.807, 2.05) is 71.7 Å². The Morgan fingerprint density at radius 1 is 1.00 bits per heavy atom. The van der Waals surface area contributed by atoms with Gasteiger partial charge in [0.2, 0.25) is 0 Å². The van der Waals surface area contributed by atoms with Gasteiger partial charge in [-0.05, 0) is 36.4 Å². The minimum absolute atomic E-state index is 0.699. The van der Waals surface area contributed by atoms with Crippen LogP contribution in [0, 0.1) is 0 Å². The summed E-state index contributed by atoms with van der Waals surface area (Å²) in [7, 11) is 0. The average molecular weight is 284 g/mol. The molecule has 0 atom stereocenters. The number of anilines is 1. The molecule has 0 unspecified atom stereocenters. The Morgan fingerprint density at radius 2 is 1.75 bits per heavy atom. The summed E-state index contributed by atoms with van der Waals surface area (Å²) in [5, 5.41) is 4.07. The number of hydrogen-bond acceptors (Lipinski definition) is 2. The van der Waals surface area contributed by atoms with Gasteiger partial charge in [-0.3, -0.25) is 0 Å². The molecule has 0 radical (unpaired) electrons. The van der Waals surface area contributed by atoms with Crippen LogP contribution < -0.4 is 5.32 Å². The van der Waals surface area contributed by atoms with Gasteiger partial charge in [0.25, 0.3) is 0 Å². The van der Waals surface area contributed by atoms with Gasteiger partial charge in [-0.25, -0.2) is 4.98 Å². The van der Waals surface area contributed by atoms with Gasteiger partial charge in [-0.1, -0.05) is 29.8 Å². The average Bonchev–Trinajstić information content (AvgIpc) is 2.96. The number of rotatable bonds is 4. The summed E-state index contributed by atoms with van der Waals surface area (Å²) in [5.41, 5.74) is 3.13. The Hall–Kier alpha value is -2.26. The maximum Gasteiger partial charge on any atom is 0.0996 e. The second-order valence-corrected chi connectivity index (χ2v) is 4.90. The van der Waals surface area contributed by atoms with Crippen LogP contribution in [-0.4, -0.2) is 9.55 Å². The second-order valence-electron chi connectivity index (χ2n) is 4.47. The molecule has 0 amide bonds. The summed E-state index contributed by atoms with van der Waals surface area (Å²) >= 11 is 5.89. The molecule has 4 heteroatoms. The van der Waals surface area contributed by atoms with Gasteiger partial charge in [0, 0.05) is 22.6 Å². The van der Waals surface area contributed by atoms with Crippen molar-refractivity contribution < 1.29 is 0 Å². The van der Waals surface area contributed by atoms with E-state index in [0.717, 1.165) is 22.1 Å². The first kappa shape index (κ1) is 12.8. The second kappa shape index (κ2) is 5.80. The number of aromatic nitrogens is 2. The minimum atomic E-state index is 0.699. The standard InChI is InChI=1S/C16H14ClN3/c17-13-6-8-16(9-7-13)20-11-15(19-12-20)10-18-14-4-2-1-3-5-14/h1-9,11-12,18H,10H2. The fraction of sp³-hybridized carbons (Fsp3) is 0.0625. The third-order valence-corrected chi connectivity index (χ3v) is 3.26. The summed E-state index contributed by atoms with van der Waals surface area (Å²) in [6.45, 7) is 0.699. The summed E-state index contributed by atoms with van der Waals surface area (Å²) in [6, 6.07) is 17.8. The lowest BCUT2D eigenvalue weighted by atomic mass is 10.3. The largest absolute Gasteiger partial charge is 0.379 e. The third kappa shape index (κ3) is 3.00. The van der Waals surface area contributed by atoms with Crippen molar-refractivity contribution in [3.63, 3.8) is 0 Å². The number of halogens is 1. The molecule has 0 bridgehead atoms. The molecule has 0 fully saturated rings. The molecule has 20 heavy (non-hydrogen) atoms. The lowest BCUT2D eigenvalue weighted by molar-refractivity contribution is 1.06. The van der Waals surface area contributed by atoms with E-state index in [-0.39, 0.29) is 0 Å². The summed E-state index contributed by atoms with van der Waals surface area (Å²) < 4.78 is 1.98. The van der Waals surface area contributed by atoms with E-state index in [2.05, 4.69) is 10.3 Å². The lowest BCUT2D eigenvalue weighted by Gasteiger charge is -2.03. The Morgan fingerprint density at radius 3 is 2.50 bits per heavy atom. The molecule has 3 rings (SSSR count). The Balaban J connectivity index is 1.69. The third-order valence-electron chi connectivity index (χ3n) is 3.01. The van der Waals surface area contributed by atoms with Gasteiger partial charge in [0.15, 0.2) is 0 Å². The van der Waals surface area contributed by atoms with E-state index < -0.39 is 0 Å². The van der Waals surface area contributed by atoms with Crippen molar-refractivity contribution in [1.29, 1.82) is 0 Å². The van der Waals surface area contributed by atoms with Crippen molar-refractivity contribution in [3.8, 4) is 5.69 Å². The molecule has 0 saturated heterocycles. The first-order chi connectivity index (χ1) is 9.81. The highest BCUT2D eigenvalue weighted by Gasteiger charge is 2.01. The molecule has 3 aromatic rings. The van der Waals surface area contributed by atoms with Crippen LogP contribution >= 0.6 is 11.6 Å². The molecule has 3 nitrogen and oxygen atoms in total. The van der Waals surface area contributed by atoms with E-state index in [4.69, 9.17) is 11.6 Å². The Labute approximate surface area is 122 Å². The van der Waals surface area contributed by atoms with Gasteiger partial charge in [-0.2, -0.15) is 0 Å². The van der Waals surface area contributed by atoms with Crippen LogP contribution in [0.1, 0.15) is 5.69 Å². The predicted molar refractivity (Wildman–Crippen MR) is 82.3 cm³/mol.